The molecule has 1 aliphatic carbocycles. The fourth-order valence-corrected chi connectivity index (χ4v) is 4.58. The maximum absolute atomic E-state index is 12.6. The molecule has 39 heavy (non-hydrogen) atoms. The summed E-state index contributed by atoms with van der Waals surface area (Å²) in [6.07, 6.45) is 11.3. The number of carbonyl (C=O) groups is 2. The highest BCUT2D eigenvalue weighted by Gasteiger charge is 2.20. The molecule has 1 fully saturated rings. The van der Waals surface area contributed by atoms with E-state index in [0.29, 0.717) is 23.5 Å². The van der Waals surface area contributed by atoms with Crippen LogP contribution in [0.4, 0.5) is 0 Å². The Morgan fingerprint density at radius 2 is 1.85 bits per heavy atom. The molecular formula is C31H35NO7. The van der Waals surface area contributed by atoms with Gasteiger partial charge in [0.15, 0.2) is 11.5 Å². The largest absolute Gasteiger partial charge is 0.493 e. The highest BCUT2D eigenvalue weighted by atomic mass is 16.5. The number of rotatable bonds is 11. The molecule has 0 saturated heterocycles. The fraction of sp³-hybridized carbons (Fsp3) is 0.387. The molecule has 8 heteroatoms. The quantitative estimate of drug-likeness (QED) is 0.105. The van der Waals surface area contributed by atoms with Crippen molar-refractivity contribution < 1.29 is 28.2 Å². The minimum atomic E-state index is -0.731. The van der Waals surface area contributed by atoms with Crippen LogP contribution in [0.5, 0.6) is 17.2 Å². The molecule has 1 N–H and O–H groups in total. The van der Waals surface area contributed by atoms with Gasteiger partial charge in [-0.2, -0.15) is 0 Å². The van der Waals surface area contributed by atoms with E-state index >= 15 is 0 Å². The number of unbranched alkanes of at least 4 members (excludes halogenated alkanes) is 2. The number of methoxy groups -OCH3 is 1. The molecular weight excluding hydrogens is 498 g/mol. The molecule has 0 aliphatic heterocycles. The zero-order chi connectivity index (χ0) is 27.6. The van der Waals surface area contributed by atoms with Crippen LogP contribution in [0.15, 0.2) is 57.8 Å². The number of hydrogen-bond donors (Lipinski definition) is 1. The lowest BCUT2D eigenvalue weighted by Gasteiger charge is -2.22. The van der Waals surface area contributed by atoms with Gasteiger partial charge in [0.2, 0.25) is 0 Å². The molecule has 8 nitrogen and oxygen atoms in total. The molecule has 0 unspecified atom stereocenters. The summed E-state index contributed by atoms with van der Waals surface area (Å²) in [4.78, 5) is 37.6. The number of benzene rings is 2. The van der Waals surface area contributed by atoms with E-state index in [-0.39, 0.29) is 22.9 Å². The number of ether oxygens (including phenoxy) is 3. The van der Waals surface area contributed by atoms with Gasteiger partial charge in [0, 0.05) is 23.6 Å². The van der Waals surface area contributed by atoms with Crippen LogP contribution in [0.25, 0.3) is 17.0 Å². The normalized spacial score (nSPS) is 13.9. The smallest absolute Gasteiger partial charge is 0.349 e. The number of fused-ring (bicyclic) bond motifs is 1. The summed E-state index contributed by atoms with van der Waals surface area (Å²) >= 11 is 0. The Bertz CT molecular complexity index is 1390. The van der Waals surface area contributed by atoms with Gasteiger partial charge in [-0.1, -0.05) is 45.1 Å². The van der Waals surface area contributed by atoms with Gasteiger partial charge in [-0.3, -0.25) is 4.79 Å². The van der Waals surface area contributed by atoms with Gasteiger partial charge in [-0.15, -0.1) is 0 Å². The highest BCUT2D eigenvalue weighted by Crippen LogP contribution is 2.29. The Hall–Kier alpha value is -4.07. The minimum absolute atomic E-state index is 0.0337. The third kappa shape index (κ3) is 7.72. The third-order valence-electron chi connectivity index (χ3n) is 6.72. The number of amides is 1. The number of esters is 1. The predicted octanol–water partition coefficient (Wildman–Crippen LogP) is 6.05. The Morgan fingerprint density at radius 3 is 2.62 bits per heavy atom. The van der Waals surface area contributed by atoms with E-state index in [0.717, 1.165) is 50.5 Å². The standard InChI is InChI=1S/C31H35NO7/c1-3-4-8-17-37-26-15-11-21(18-28(26)36-2)12-16-29(33)38-24-14-13-22-19-25(31(35)39-27(22)20-24)30(34)32-23-9-6-5-7-10-23/h11-16,18-20,23H,3-10,17H2,1-2H3,(H,32,34)/b16-12+. The van der Waals surface area contributed by atoms with E-state index in [1.807, 2.05) is 12.1 Å². The molecule has 1 amide bonds. The molecule has 1 heterocycles. The van der Waals surface area contributed by atoms with Gasteiger partial charge < -0.3 is 23.9 Å². The summed E-state index contributed by atoms with van der Waals surface area (Å²) in [5, 5.41) is 3.50. The molecule has 0 atom stereocenters. The minimum Gasteiger partial charge on any atom is -0.493 e. The van der Waals surface area contributed by atoms with Crippen molar-refractivity contribution in [3.8, 4) is 17.2 Å². The fourth-order valence-electron chi connectivity index (χ4n) is 4.58. The first-order valence-electron chi connectivity index (χ1n) is 13.6. The van der Waals surface area contributed by atoms with Crippen LogP contribution in [-0.2, 0) is 4.79 Å². The van der Waals surface area contributed by atoms with Crippen molar-refractivity contribution in [2.24, 2.45) is 0 Å². The van der Waals surface area contributed by atoms with Crippen LogP contribution >= 0.6 is 0 Å². The van der Waals surface area contributed by atoms with Gasteiger partial charge in [0.05, 0.1) is 13.7 Å². The first-order chi connectivity index (χ1) is 19.0. The molecule has 2 aromatic carbocycles. The average molecular weight is 534 g/mol. The lowest BCUT2D eigenvalue weighted by atomic mass is 9.95. The summed E-state index contributed by atoms with van der Waals surface area (Å²) in [6.45, 7) is 2.76. The van der Waals surface area contributed by atoms with Gasteiger partial charge in [-0.05, 0) is 61.2 Å². The van der Waals surface area contributed by atoms with E-state index in [2.05, 4.69) is 12.2 Å². The molecule has 1 saturated carbocycles. The molecule has 1 aliphatic rings. The van der Waals surface area contributed by atoms with Crippen molar-refractivity contribution in [3.63, 3.8) is 0 Å². The predicted molar refractivity (Wildman–Crippen MR) is 150 cm³/mol. The zero-order valence-corrected chi connectivity index (χ0v) is 22.5. The second kappa shape index (κ2) is 13.6. The number of carbonyl (C=O) groups excluding carboxylic acids is 2. The second-order valence-electron chi connectivity index (χ2n) is 9.68. The van der Waals surface area contributed by atoms with Crippen molar-refractivity contribution in [3.05, 3.63) is 70.1 Å². The SMILES string of the molecule is CCCCCOc1ccc(/C=C/C(=O)Oc2ccc3cc(C(=O)NC4CCCCC4)c(=O)oc3c2)cc1OC. The molecule has 0 radical (unpaired) electrons. The second-order valence-corrected chi connectivity index (χ2v) is 9.68. The number of hydrogen-bond acceptors (Lipinski definition) is 7. The van der Waals surface area contributed by atoms with Crippen molar-refractivity contribution in [2.45, 2.75) is 64.3 Å². The topological polar surface area (TPSA) is 104 Å². The van der Waals surface area contributed by atoms with Crippen LogP contribution in [0, 0.1) is 0 Å². The lowest BCUT2D eigenvalue weighted by molar-refractivity contribution is -0.128. The Kier molecular flexibility index (Phi) is 9.78. The van der Waals surface area contributed by atoms with Crippen molar-refractivity contribution >= 4 is 28.9 Å². The van der Waals surface area contributed by atoms with Gasteiger partial charge in [0.25, 0.3) is 5.91 Å². The summed E-state index contributed by atoms with van der Waals surface area (Å²) in [5.74, 6) is 0.428. The molecule has 0 spiro atoms. The summed E-state index contributed by atoms with van der Waals surface area (Å²) in [6, 6.07) is 11.7. The van der Waals surface area contributed by atoms with Crippen LogP contribution in [-0.4, -0.2) is 31.6 Å². The number of nitrogens with one attached hydrogen (secondary N) is 1. The maximum Gasteiger partial charge on any atom is 0.349 e. The first kappa shape index (κ1) is 28.0. The van der Waals surface area contributed by atoms with Crippen LogP contribution in [0.3, 0.4) is 0 Å². The van der Waals surface area contributed by atoms with Crippen LogP contribution in [0.1, 0.15) is 74.2 Å². The monoisotopic (exact) mass is 533 g/mol. The molecule has 4 rings (SSSR count). The maximum atomic E-state index is 12.6. The van der Waals surface area contributed by atoms with E-state index in [1.165, 1.54) is 24.6 Å². The van der Waals surface area contributed by atoms with Crippen LogP contribution < -0.4 is 25.2 Å². The van der Waals surface area contributed by atoms with Crippen LogP contribution in [0.2, 0.25) is 0 Å². The zero-order valence-electron chi connectivity index (χ0n) is 22.5. The van der Waals surface area contributed by atoms with Gasteiger partial charge in [0.1, 0.15) is 16.9 Å². The summed E-state index contributed by atoms with van der Waals surface area (Å²) in [5.41, 5.74) is 0.204. The van der Waals surface area contributed by atoms with Crippen molar-refractivity contribution in [1.29, 1.82) is 0 Å². The summed E-state index contributed by atoms with van der Waals surface area (Å²) < 4.78 is 22.0. The van der Waals surface area contributed by atoms with E-state index < -0.39 is 17.5 Å². The Morgan fingerprint density at radius 1 is 1.03 bits per heavy atom. The van der Waals surface area contributed by atoms with Crippen molar-refractivity contribution in [1.82, 2.24) is 5.32 Å². The molecule has 3 aromatic rings. The van der Waals surface area contributed by atoms with E-state index in [9.17, 15) is 14.4 Å². The van der Waals surface area contributed by atoms with E-state index in [4.69, 9.17) is 18.6 Å². The molecule has 0 bridgehead atoms. The van der Waals surface area contributed by atoms with Gasteiger partial charge >= 0.3 is 11.6 Å². The lowest BCUT2D eigenvalue weighted by Crippen LogP contribution is -2.38. The first-order valence-corrected chi connectivity index (χ1v) is 13.6. The highest BCUT2D eigenvalue weighted by molar-refractivity contribution is 5.97. The van der Waals surface area contributed by atoms with Crippen molar-refractivity contribution in [2.75, 3.05) is 13.7 Å². The Balaban J connectivity index is 1.39. The summed E-state index contributed by atoms with van der Waals surface area (Å²) in [7, 11) is 1.57. The third-order valence-corrected chi connectivity index (χ3v) is 6.72. The van der Waals surface area contributed by atoms with Gasteiger partial charge in [-0.25, -0.2) is 9.59 Å². The average Bonchev–Trinajstić information content (AvgIpc) is 2.94. The molecule has 206 valence electrons. The Labute approximate surface area is 227 Å². The van der Waals surface area contributed by atoms with E-state index in [1.54, 1.807) is 31.4 Å². The molecule has 1 aromatic heterocycles.